The predicted molar refractivity (Wildman–Crippen MR) is 103 cm³/mol. The molecule has 0 saturated carbocycles. The maximum absolute atomic E-state index is 12.0. The SMILES string of the molecule is C=C(/C=C\C1=C(C)NCCC1)CC1CN(C(=O)CC(=O)NCCC(=O)O)C1. The molecule has 0 unspecified atom stereocenters. The van der Waals surface area contributed by atoms with E-state index in [4.69, 9.17) is 5.11 Å². The molecule has 0 aromatic carbocycles. The number of nitrogens with one attached hydrogen (secondary N) is 2. The zero-order valence-electron chi connectivity index (χ0n) is 15.9. The first-order valence-corrected chi connectivity index (χ1v) is 9.41. The number of carbonyl (C=O) groups is 3. The second kappa shape index (κ2) is 9.94. The summed E-state index contributed by atoms with van der Waals surface area (Å²) in [5, 5.41) is 14.3. The van der Waals surface area contributed by atoms with Crippen LogP contribution in [0.2, 0.25) is 0 Å². The van der Waals surface area contributed by atoms with Crippen LogP contribution in [0.3, 0.4) is 0 Å². The number of allylic oxidation sites excluding steroid dienone is 5. The lowest BCUT2D eigenvalue weighted by Gasteiger charge is -2.39. The van der Waals surface area contributed by atoms with Gasteiger partial charge < -0.3 is 20.6 Å². The molecule has 0 atom stereocenters. The van der Waals surface area contributed by atoms with E-state index in [0.717, 1.165) is 31.4 Å². The van der Waals surface area contributed by atoms with Crippen LogP contribution in [0, 0.1) is 5.92 Å². The van der Waals surface area contributed by atoms with Crippen molar-refractivity contribution in [1.29, 1.82) is 0 Å². The number of carboxylic acid groups (broad SMARTS) is 1. The Morgan fingerprint density at radius 1 is 1.37 bits per heavy atom. The van der Waals surface area contributed by atoms with Gasteiger partial charge in [0.1, 0.15) is 6.42 Å². The van der Waals surface area contributed by atoms with Gasteiger partial charge in [0, 0.05) is 31.9 Å². The Morgan fingerprint density at radius 2 is 2.11 bits per heavy atom. The normalized spacial score (nSPS) is 17.4. The molecule has 148 valence electrons. The van der Waals surface area contributed by atoms with Crippen LogP contribution in [-0.4, -0.2) is 54.0 Å². The number of rotatable bonds is 9. The molecule has 0 aliphatic carbocycles. The van der Waals surface area contributed by atoms with E-state index in [1.807, 2.05) is 0 Å². The molecular weight excluding hydrogens is 346 g/mol. The quantitative estimate of drug-likeness (QED) is 0.420. The lowest BCUT2D eigenvalue weighted by atomic mass is 9.91. The molecule has 0 spiro atoms. The third kappa shape index (κ3) is 6.92. The first kappa shape index (κ1) is 20.7. The van der Waals surface area contributed by atoms with Gasteiger partial charge in [-0.1, -0.05) is 24.3 Å². The second-order valence-corrected chi connectivity index (χ2v) is 7.21. The van der Waals surface area contributed by atoms with Gasteiger partial charge in [-0.05, 0) is 37.7 Å². The predicted octanol–water partition coefficient (Wildman–Crippen LogP) is 1.59. The molecule has 7 heteroatoms. The van der Waals surface area contributed by atoms with E-state index in [0.29, 0.717) is 19.0 Å². The fourth-order valence-corrected chi connectivity index (χ4v) is 3.24. The molecule has 1 fully saturated rings. The largest absolute Gasteiger partial charge is 0.481 e. The van der Waals surface area contributed by atoms with Crippen molar-refractivity contribution in [3.8, 4) is 0 Å². The van der Waals surface area contributed by atoms with E-state index < -0.39 is 11.9 Å². The average Bonchev–Trinajstić information content (AvgIpc) is 2.56. The Labute approximate surface area is 160 Å². The van der Waals surface area contributed by atoms with E-state index in [1.165, 1.54) is 11.3 Å². The zero-order valence-corrected chi connectivity index (χ0v) is 15.9. The van der Waals surface area contributed by atoms with Crippen molar-refractivity contribution in [3.05, 3.63) is 35.6 Å². The molecule has 27 heavy (non-hydrogen) atoms. The molecule has 2 amide bonds. The Bertz CT molecular complexity index is 660. The molecule has 2 heterocycles. The number of carboxylic acids is 1. The van der Waals surface area contributed by atoms with Gasteiger partial charge in [-0.25, -0.2) is 0 Å². The molecular formula is C20H29N3O4. The molecule has 0 radical (unpaired) electrons. The number of hydrogen-bond acceptors (Lipinski definition) is 4. The monoisotopic (exact) mass is 375 g/mol. The van der Waals surface area contributed by atoms with Gasteiger partial charge in [0.25, 0.3) is 0 Å². The Hall–Kier alpha value is -2.57. The van der Waals surface area contributed by atoms with Crippen LogP contribution in [0.5, 0.6) is 0 Å². The van der Waals surface area contributed by atoms with E-state index in [2.05, 4.69) is 36.3 Å². The second-order valence-electron chi connectivity index (χ2n) is 7.21. The number of aliphatic carboxylic acids is 1. The van der Waals surface area contributed by atoms with E-state index in [-0.39, 0.29) is 25.3 Å². The van der Waals surface area contributed by atoms with Crippen LogP contribution in [0.15, 0.2) is 35.6 Å². The van der Waals surface area contributed by atoms with Crippen molar-refractivity contribution < 1.29 is 19.5 Å². The van der Waals surface area contributed by atoms with Gasteiger partial charge in [0.15, 0.2) is 0 Å². The molecule has 0 aromatic rings. The Balaban J connectivity index is 1.65. The lowest BCUT2D eigenvalue weighted by Crippen LogP contribution is -2.51. The first-order valence-electron chi connectivity index (χ1n) is 9.41. The molecule has 3 N–H and O–H groups in total. The van der Waals surface area contributed by atoms with Crippen LogP contribution in [0.4, 0.5) is 0 Å². The summed E-state index contributed by atoms with van der Waals surface area (Å²) in [7, 11) is 0. The summed E-state index contributed by atoms with van der Waals surface area (Å²) in [6.45, 7) is 8.55. The smallest absolute Gasteiger partial charge is 0.305 e. The van der Waals surface area contributed by atoms with Crippen LogP contribution < -0.4 is 10.6 Å². The summed E-state index contributed by atoms with van der Waals surface area (Å²) in [5.41, 5.74) is 3.60. The van der Waals surface area contributed by atoms with Crippen molar-refractivity contribution >= 4 is 17.8 Å². The van der Waals surface area contributed by atoms with Gasteiger partial charge in [-0.15, -0.1) is 0 Å². The lowest BCUT2D eigenvalue weighted by molar-refractivity contribution is -0.141. The molecule has 0 bridgehead atoms. The third-order valence-corrected chi connectivity index (χ3v) is 4.85. The minimum atomic E-state index is -0.979. The molecule has 1 saturated heterocycles. The third-order valence-electron chi connectivity index (χ3n) is 4.85. The summed E-state index contributed by atoms with van der Waals surface area (Å²) in [6, 6.07) is 0. The Morgan fingerprint density at radius 3 is 2.78 bits per heavy atom. The van der Waals surface area contributed by atoms with Gasteiger partial charge >= 0.3 is 5.97 Å². The maximum atomic E-state index is 12.0. The minimum absolute atomic E-state index is 0.0433. The highest BCUT2D eigenvalue weighted by Crippen LogP contribution is 2.24. The van der Waals surface area contributed by atoms with Crippen LogP contribution in [-0.2, 0) is 14.4 Å². The molecule has 2 aliphatic heterocycles. The number of hydrogen-bond donors (Lipinski definition) is 3. The molecule has 2 rings (SSSR count). The fourth-order valence-electron chi connectivity index (χ4n) is 3.24. The summed E-state index contributed by atoms with van der Waals surface area (Å²) in [5.74, 6) is -1.25. The van der Waals surface area contributed by atoms with E-state index in [1.54, 1.807) is 4.90 Å². The Kier molecular flexibility index (Phi) is 7.64. The first-order chi connectivity index (χ1) is 12.8. The van der Waals surface area contributed by atoms with Crippen LogP contribution >= 0.6 is 0 Å². The van der Waals surface area contributed by atoms with E-state index >= 15 is 0 Å². The number of nitrogens with zero attached hydrogens (tertiary/aromatic N) is 1. The summed E-state index contributed by atoms with van der Waals surface area (Å²) >= 11 is 0. The fraction of sp³-hybridized carbons (Fsp3) is 0.550. The average molecular weight is 375 g/mol. The highest BCUT2D eigenvalue weighted by atomic mass is 16.4. The topological polar surface area (TPSA) is 98.7 Å². The minimum Gasteiger partial charge on any atom is -0.481 e. The number of carbonyl (C=O) groups excluding carboxylic acids is 2. The number of amides is 2. The summed E-state index contributed by atoms with van der Waals surface area (Å²) in [6.07, 6.45) is 6.89. The molecule has 7 nitrogen and oxygen atoms in total. The van der Waals surface area contributed by atoms with Gasteiger partial charge in [0.2, 0.25) is 11.8 Å². The zero-order chi connectivity index (χ0) is 19.8. The van der Waals surface area contributed by atoms with Crippen molar-refractivity contribution in [2.24, 2.45) is 5.92 Å². The van der Waals surface area contributed by atoms with Gasteiger partial charge in [0.05, 0.1) is 6.42 Å². The van der Waals surface area contributed by atoms with Crippen molar-refractivity contribution in [3.63, 3.8) is 0 Å². The van der Waals surface area contributed by atoms with Crippen molar-refractivity contribution in [2.75, 3.05) is 26.2 Å². The summed E-state index contributed by atoms with van der Waals surface area (Å²) < 4.78 is 0. The highest BCUT2D eigenvalue weighted by Gasteiger charge is 2.31. The maximum Gasteiger partial charge on any atom is 0.305 e. The van der Waals surface area contributed by atoms with Crippen LogP contribution in [0.1, 0.15) is 39.0 Å². The van der Waals surface area contributed by atoms with Gasteiger partial charge in [-0.3, -0.25) is 14.4 Å². The molecule has 0 aromatic heterocycles. The summed E-state index contributed by atoms with van der Waals surface area (Å²) in [4.78, 5) is 35.7. The standard InChI is InChI=1S/C20H29N3O4/c1-14(5-6-17-4-3-8-21-15(17)2)10-16-12-23(13-16)19(25)11-18(24)22-9-7-20(26)27/h5-6,16,21H,1,3-4,7-13H2,2H3,(H,22,24)(H,26,27)/b6-5-. The van der Waals surface area contributed by atoms with Crippen molar-refractivity contribution in [1.82, 2.24) is 15.5 Å². The van der Waals surface area contributed by atoms with E-state index in [9.17, 15) is 14.4 Å². The molecule has 2 aliphatic rings. The highest BCUT2D eigenvalue weighted by molar-refractivity contribution is 5.97. The van der Waals surface area contributed by atoms with Crippen molar-refractivity contribution in [2.45, 2.75) is 39.0 Å². The number of likely N-dealkylation sites (tertiary alicyclic amines) is 1. The van der Waals surface area contributed by atoms with Crippen LogP contribution in [0.25, 0.3) is 0 Å². The van der Waals surface area contributed by atoms with Gasteiger partial charge in [-0.2, -0.15) is 0 Å².